The maximum atomic E-state index is 12.6. The first kappa shape index (κ1) is 20.8. The zero-order valence-electron chi connectivity index (χ0n) is 17.4. The van der Waals surface area contributed by atoms with E-state index in [-0.39, 0.29) is 0 Å². The van der Waals surface area contributed by atoms with Crippen LogP contribution in [0.3, 0.4) is 0 Å². The summed E-state index contributed by atoms with van der Waals surface area (Å²) in [5, 5.41) is 0. The van der Waals surface area contributed by atoms with Gasteiger partial charge in [-0.05, 0) is 68.5 Å². The summed E-state index contributed by atoms with van der Waals surface area (Å²) in [6.45, 7) is 0.278. The van der Waals surface area contributed by atoms with Crippen LogP contribution in [0.15, 0.2) is 48.5 Å². The van der Waals surface area contributed by atoms with Gasteiger partial charge < -0.3 is 9.30 Å². The molecule has 0 aliphatic carbocycles. The Labute approximate surface area is 176 Å². The third-order valence-electron chi connectivity index (χ3n) is 6.20. The van der Waals surface area contributed by atoms with Crippen LogP contribution in [0.2, 0.25) is 0 Å². The van der Waals surface area contributed by atoms with Crippen molar-refractivity contribution in [2.45, 2.75) is 45.3 Å². The Bertz CT molecular complexity index is 964. The van der Waals surface area contributed by atoms with Gasteiger partial charge in [0, 0.05) is 7.05 Å². The normalized spacial score (nSPS) is 15.9. The number of fused-ring (bicyclic) bond motifs is 1. The number of piperidine rings is 1. The summed E-state index contributed by atoms with van der Waals surface area (Å²) < 4.78 is 32.0. The molecule has 4 nitrogen and oxygen atoms in total. The number of ether oxygens (including phenoxy) is 1. The number of benzene rings is 2. The first-order valence-electron chi connectivity index (χ1n) is 10.8. The van der Waals surface area contributed by atoms with Gasteiger partial charge in [-0.2, -0.15) is 8.78 Å². The summed E-state index contributed by atoms with van der Waals surface area (Å²) in [4.78, 5) is 7.28. The molecule has 4 rings (SSSR count). The van der Waals surface area contributed by atoms with Crippen LogP contribution in [-0.2, 0) is 20.0 Å². The largest absolute Gasteiger partial charge is 0.435 e. The number of hydrogen-bond donors (Lipinski definition) is 0. The van der Waals surface area contributed by atoms with Gasteiger partial charge in [-0.3, -0.25) is 4.90 Å². The first-order chi connectivity index (χ1) is 14.6. The molecule has 3 aromatic rings. The van der Waals surface area contributed by atoms with Crippen molar-refractivity contribution in [3.05, 3.63) is 59.9 Å². The van der Waals surface area contributed by atoms with E-state index < -0.39 is 6.61 Å². The average Bonchev–Trinajstić information content (AvgIpc) is 3.06. The number of alkyl halides is 2. The lowest BCUT2D eigenvalue weighted by molar-refractivity contribution is -0.0504. The Kier molecular flexibility index (Phi) is 6.62. The van der Waals surface area contributed by atoms with Crippen LogP contribution in [0.4, 0.5) is 8.78 Å². The lowest BCUT2D eigenvalue weighted by Gasteiger charge is -2.31. The minimum atomic E-state index is -2.77. The van der Waals surface area contributed by atoms with Crippen LogP contribution in [-0.4, -0.2) is 34.2 Å². The van der Waals surface area contributed by atoms with Crippen molar-refractivity contribution in [1.82, 2.24) is 14.5 Å². The van der Waals surface area contributed by atoms with Crippen molar-refractivity contribution >= 4 is 11.0 Å². The topological polar surface area (TPSA) is 30.3 Å². The van der Waals surface area contributed by atoms with E-state index >= 15 is 0 Å². The summed E-state index contributed by atoms with van der Waals surface area (Å²) >= 11 is 0. The van der Waals surface area contributed by atoms with Crippen molar-refractivity contribution in [1.29, 1.82) is 0 Å². The van der Waals surface area contributed by atoms with E-state index in [4.69, 9.17) is 4.98 Å². The molecule has 0 atom stereocenters. The lowest BCUT2D eigenvalue weighted by Crippen LogP contribution is -2.34. The van der Waals surface area contributed by atoms with Crippen LogP contribution >= 0.6 is 0 Å². The van der Waals surface area contributed by atoms with Crippen LogP contribution in [0, 0.1) is 5.92 Å². The third kappa shape index (κ3) is 4.98. The second-order valence-corrected chi connectivity index (χ2v) is 8.17. The smallest absolute Gasteiger partial charge is 0.387 e. The van der Waals surface area contributed by atoms with E-state index in [1.807, 2.05) is 18.2 Å². The second-order valence-electron chi connectivity index (χ2n) is 8.17. The lowest BCUT2D eigenvalue weighted by atomic mass is 9.90. The van der Waals surface area contributed by atoms with E-state index in [1.54, 1.807) is 12.1 Å². The van der Waals surface area contributed by atoms with Gasteiger partial charge in [-0.25, -0.2) is 4.98 Å². The zero-order valence-corrected chi connectivity index (χ0v) is 17.4. The Morgan fingerprint density at radius 1 is 1.07 bits per heavy atom. The minimum Gasteiger partial charge on any atom is -0.435 e. The van der Waals surface area contributed by atoms with Gasteiger partial charge >= 0.3 is 6.61 Å². The minimum absolute atomic E-state index is 0.310. The molecule has 2 heterocycles. The number of likely N-dealkylation sites (tertiary alicyclic amines) is 1. The fourth-order valence-electron chi connectivity index (χ4n) is 4.47. The summed E-state index contributed by atoms with van der Waals surface area (Å²) in [7, 11) is 2.09. The number of hydrogen-bond acceptors (Lipinski definition) is 3. The Morgan fingerprint density at radius 2 is 1.80 bits per heavy atom. The summed E-state index contributed by atoms with van der Waals surface area (Å²) in [6.07, 6.45) is 5.27. The molecule has 1 aliphatic rings. The van der Waals surface area contributed by atoms with Crippen molar-refractivity contribution in [2.24, 2.45) is 13.0 Å². The molecular weight excluding hydrogens is 384 g/mol. The highest BCUT2D eigenvalue weighted by atomic mass is 19.3. The molecule has 0 N–H and O–H groups in total. The Balaban J connectivity index is 1.24. The molecule has 0 bridgehead atoms. The number of imidazole rings is 1. The van der Waals surface area contributed by atoms with Crippen LogP contribution in [0.25, 0.3) is 11.0 Å². The Morgan fingerprint density at radius 3 is 2.57 bits per heavy atom. The van der Waals surface area contributed by atoms with Gasteiger partial charge in [0.1, 0.15) is 11.6 Å². The predicted octanol–water partition coefficient (Wildman–Crippen LogP) is 5.41. The highest BCUT2D eigenvalue weighted by Gasteiger charge is 2.21. The van der Waals surface area contributed by atoms with Gasteiger partial charge in [0.15, 0.2) is 0 Å². The molecule has 0 radical (unpaired) electrons. The number of para-hydroxylation sites is 3. The molecule has 0 unspecified atom stereocenters. The molecule has 0 saturated carbocycles. The fraction of sp³-hybridized carbons (Fsp3) is 0.458. The van der Waals surface area contributed by atoms with E-state index in [9.17, 15) is 8.78 Å². The molecule has 160 valence electrons. The molecule has 1 saturated heterocycles. The van der Waals surface area contributed by atoms with Crippen molar-refractivity contribution in [2.75, 3.05) is 13.1 Å². The number of rotatable bonds is 8. The van der Waals surface area contributed by atoms with Crippen LogP contribution in [0.1, 0.15) is 37.1 Å². The summed E-state index contributed by atoms with van der Waals surface area (Å²) in [6, 6.07) is 15.4. The molecule has 1 fully saturated rings. The predicted molar refractivity (Wildman–Crippen MR) is 115 cm³/mol. The van der Waals surface area contributed by atoms with Crippen molar-refractivity contribution in [3.63, 3.8) is 0 Å². The third-order valence-corrected chi connectivity index (χ3v) is 6.20. The zero-order chi connectivity index (χ0) is 20.9. The second kappa shape index (κ2) is 9.56. The first-order valence-corrected chi connectivity index (χ1v) is 10.8. The molecule has 0 amide bonds. The number of aryl methyl sites for hydroxylation is 2. The molecule has 1 aromatic heterocycles. The number of aromatic nitrogens is 2. The van der Waals surface area contributed by atoms with Crippen LogP contribution < -0.4 is 4.74 Å². The monoisotopic (exact) mass is 413 g/mol. The standard InChI is InChI=1S/C24H29F2N3O/c1-28-21-11-4-3-10-20(21)27-23(28)17-29-15-13-18(14-16-29)7-6-9-19-8-2-5-12-22(19)30-24(25)26/h2-5,8,10-12,18,24H,6-7,9,13-17H2,1H3. The summed E-state index contributed by atoms with van der Waals surface area (Å²) in [5.41, 5.74) is 3.11. The number of halogens is 2. The van der Waals surface area contributed by atoms with Gasteiger partial charge in [0.2, 0.25) is 0 Å². The van der Waals surface area contributed by atoms with Gasteiger partial charge in [0.25, 0.3) is 0 Å². The van der Waals surface area contributed by atoms with E-state index in [2.05, 4.69) is 39.5 Å². The highest BCUT2D eigenvalue weighted by molar-refractivity contribution is 5.75. The van der Waals surface area contributed by atoms with E-state index in [0.29, 0.717) is 11.7 Å². The van der Waals surface area contributed by atoms with Gasteiger partial charge in [0.05, 0.1) is 17.6 Å². The molecule has 30 heavy (non-hydrogen) atoms. The molecule has 0 spiro atoms. The fourth-order valence-corrected chi connectivity index (χ4v) is 4.47. The van der Waals surface area contributed by atoms with Gasteiger partial charge in [-0.1, -0.05) is 36.8 Å². The molecule has 1 aliphatic heterocycles. The van der Waals surface area contributed by atoms with E-state index in [1.165, 1.54) is 18.4 Å². The summed E-state index contributed by atoms with van der Waals surface area (Å²) in [5.74, 6) is 2.12. The maximum Gasteiger partial charge on any atom is 0.387 e. The van der Waals surface area contributed by atoms with Crippen molar-refractivity contribution < 1.29 is 13.5 Å². The van der Waals surface area contributed by atoms with E-state index in [0.717, 1.165) is 55.8 Å². The Hall–Kier alpha value is -2.47. The highest BCUT2D eigenvalue weighted by Crippen LogP contribution is 2.27. The van der Waals surface area contributed by atoms with Crippen molar-refractivity contribution in [3.8, 4) is 5.75 Å². The van der Waals surface area contributed by atoms with Gasteiger partial charge in [-0.15, -0.1) is 0 Å². The average molecular weight is 414 g/mol. The molecular formula is C24H29F2N3O. The quantitative estimate of drug-likeness (QED) is 0.495. The van der Waals surface area contributed by atoms with Crippen LogP contribution in [0.5, 0.6) is 5.75 Å². The maximum absolute atomic E-state index is 12.6. The SMILES string of the molecule is Cn1c(CN2CCC(CCCc3ccccc3OC(F)F)CC2)nc2ccccc21. The number of nitrogens with zero attached hydrogens (tertiary/aromatic N) is 3. The molecule has 6 heteroatoms. The molecule has 2 aromatic carbocycles.